The first-order chi connectivity index (χ1) is 9.83. The molecular formula is C16H22N4O. The number of hydrogen-bond acceptors (Lipinski definition) is 3. The summed E-state index contributed by atoms with van der Waals surface area (Å²) in [5.74, 6) is 1.17. The summed E-state index contributed by atoms with van der Waals surface area (Å²) in [5.41, 5.74) is 2.77. The fraction of sp³-hybridized carbons (Fsp3) is 0.562. The lowest BCUT2D eigenvalue weighted by Crippen LogP contribution is -2.20. The number of rotatable bonds is 3. The Balaban J connectivity index is 1.94. The van der Waals surface area contributed by atoms with Gasteiger partial charge in [0.1, 0.15) is 0 Å². The van der Waals surface area contributed by atoms with Crippen molar-refractivity contribution in [1.82, 2.24) is 14.6 Å². The molecule has 2 aromatic heterocycles. The van der Waals surface area contributed by atoms with E-state index in [4.69, 9.17) is 0 Å². The van der Waals surface area contributed by atoms with Crippen LogP contribution in [0.1, 0.15) is 57.3 Å². The van der Waals surface area contributed by atoms with Crippen molar-refractivity contribution < 1.29 is 4.79 Å². The van der Waals surface area contributed by atoms with Crippen LogP contribution in [0.5, 0.6) is 0 Å². The summed E-state index contributed by atoms with van der Waals surface area (Å²) in [7, 11) is 0. The summed E-state index contributed by atoms with van der Waals surface area (Å²) in [6, 6.07) is 3.90. The molecule has 2 heterocycles. The smallest absolute Gasteiger partial charge is 0.226 e. The van der Waals surface area contributed by atoms with Gasteiger partial charge in [-0.2, -0.15) is 5.10 Å². The molecule has 1 amide bonds. The number of nitrogens with zero attached hydrogens (tertiary/aromatic N) is 3. The lowest BCUT2D eigenvalue weighted by molar-refractivity contribution is -0.117. The summed E-state index contributed by atoms with van der Waals surface area (Å²) in [6.07, 6.45) is 2.77. The van der Waals surface area contributed by atoms with Crippen molar-refractivity contribution in [2.45, 2.75) is 52.9 Å². The number of anilines is 1. The van der Waals surface area contributed by atoms with Gasteiger partial charge in [-0.15, -0.1) is 0 Å². The van der Waals surface area contributed by atoms with Crippen LogP contribution in [0.3, 0.4) is 0 Å². The average Bonchev–Trinajstić information content (AvgIpc) is 3.10. The summed E-state index contributed by atoms with van der Waals surface area (Å²) >= 11 is 0. The van der Waals surface area contributed by atoms with Crippen molar-refractivity contribution in [3.05, 3.63) is 23.5 Å². The fourth-order valence-electron chi connectivity index (χ4n) is 2.52. The predicted octanol–water partition coefficient (Wildman–Crippen LogP) is 3.29. The number of hydrogen-bond donors (Lipinski definition) is 1. The molecule has 1 aliphatic rings. The van der Waals surface area contributed by atoms with E-state index in [2.05, 4.69) is 36.2 Å². The van der Waals surface area contributed by atoms with Gasteiger partial charge in [0.2, 0.25) is 5.91 Å². The second-order valence-electron chi connectivity index (χ2n) is 7.15. The minimum absolute atomic E-state index is 0.0181. The molecule has 112 valence electrons. The van der Waals surface area contributed by atoms with E-state index in [0.717, 1.165) is 29.9 Å². The molecule has 0 bridgehead atoms. The van der Waals surface area contributed by atoms with Crippen molar-refractivity contribution in [2.24, 2.45) is 5.41 Å². The highest BCUT2D eigenvalue weighted by Crippen LogP contribution is 2.43. The molecule has 3 rings (SSSR count). The first kappa shape index (κ1) is 14.0. The maximum Gasteiger partial charge on any atom is 0.226 e. The highest BCUT2D eigenvalue weighted by atomic mass is 16.1. The molecule has 0 atom stereocenters. The summed E-state index contributed by atoms with van der Waals surface area (Å²) in [4.78, 5) is 16.7. The first-order valence-electron chi connectivity index (χ1n) is 7.50. The summed E-state index contributed by atoms with van der Waals surface area (Å²) in [5, 5.41) is 7.53. The van der Waals surface area contributed by atoms with Crippen LogP contribution >= 0.6 is 0 Å². The summed E-state index contributed by atoms with van der Waals surface area (Å²) < 4.78 is 1.89. The Morgan fingerprint density at radius 1 is 1.38 bits per heavy atom. The van der Waals surface area contributed by atoms with E-state index in [0.29, 0.717) is 18.2 Å². The van der Waals surface area contributed by atoms with Gasteiger partial charge < -0.3 is 5.32 Å². The van der Waals surface area contributed by atoms with Crippen LogP contribution in [-0.2, 0) is 4.79 Å². The zero-order chi connectivity index (χ0) is 15.2. The Labute approximate surface area is 124 Å². The first-order valence-corrected chi connectivity index (χ1v) is 7.50. The molecule has 1 fully saturated rings. The molecule has 1 N–H and O–H groups in total. The van der Waals surface area contributed by atoms with Crippen LogP contribution in [0.4, 0.5) is 5.82 Å². The Morgan fingerprint density at radius 3 is 2.71 bits per heavy atom. The van der Waals surface area contributed by atoms with E-state index >= 15 is 0 Å². The SMILES string of the molecule is Cc1ccc2nc(NC(=O)CC(C)(C)C)c(C3CC3)n2n1. The highest BCUT2D eigenvalue weighted by molar-refractivity contribution is 5.91. The van der Waals surface area contributed by atoms with Gasteiger partial charge in [0, 0.05) is 12.3 Å². The number of amides is 1. The molecule has 0 spiro atoms. The number of aryl methyl sites for hydroxylation is 1. The van der Waals surface area contributed by atoms with Gasteiger partial charge in [0.15, 0.2) is 11.5 Å². The molecule has 0 unspecified atom stereocenters. The highest BCUT2D eigenvalue weighted by Gasteiger charge is 2.32. The molecule has 0 aromatic carbocycles. The van der Waals surface area contributed by atoms with E-state index in [1.807, 2.05) is 23.6 Å². The molecule has 5 heteroatoms. The van der Waals surface area contributed by atoms with Crippen molar-refractivity contribution in [2.75, 3.05) is 5.32 Å². The minimum Gasteiger partial charge on any atom is -0.309 e. The lowest BCUT2D eigenvalue weighted by Gasteiger charge is -2.16. The van der Waals surface area contributed by atoms with Gasteiger partial charge in [0.25, 0.3) is 0 Å². The van der Waals surface area contributed by atoms with Crippen molar-refractivity contribution in [1.29, 1.82) is 0 Å². The van der Waals surface area contributed by atoms with Crippen molar-refractivity contribution in [3.8, 4) is 0 Å². The van der Waals surface area contributed by atoms with Gasteiger partial charge in [0.05, 0.1) is 11.4 Å². The van der Waals surface area contributed by atoms with Gasteiger partial charge >= 0.3 is 0 Å². The fourth-order valence-corrected chi connectivity index (χ4v) is 2.52. The van der Waals surface area contributed by atoms with Crippen LogP contribution in [0, 0.1) is 12.3 Å². The second-order valence-corrected chi connectivity index (χ2v) is 7.15. The van der Waals surface area contributed by atoms with E-state index in [-0.39, 0.29) is 11.3 Å². The Kier molecular flexibility index (Phi) is 3.23. The molecule has 0 radical (unpaired) electrons. The van der Waals surface area contributed by atoms with E-state index in [1.54, 1.807) is 0 Å². The van der Waals surface area contributed by atoms with Crippen LogP contribution < -0.4 is 5.32 Å². The quantitative estimate of drug-likeness (QED) is 0.942. The molecule has 0 aliphatic heterocycles. The van der Waals surface area contributed by atoms with Crippen LogP contribution in [0.25, 0.3) is 5.65 Å². The molecule has 1 saturated carbocycles. The van der Waals surface area contributed by atoms with Gasteiger partial charge in [-0.3, -0.25) is 4.79 Å². The normalized spacial score (nSPS) is 15.4. The van der Waals surface area contributed by atoms with E-state index < -0.39 is 0 Å². The van der Waals surface area contributed by atoms with Crippen LogP contribution in [0.15, 0.2) is 12.1 Å². The molecule has 21 heavy (non-hydrogen) atoms. The maximum atomic E-state index is 12.2. The second kappa shape index (κ2) is 4.83. The van der Waals surface area contributed by atoms with Gasteiger partial charge in [-0.1, -0.05) is 20.8 Å². The number of carbonyl (C=O) groups is 1. The number of imidazole rings is 1. The molecule has 5 nitrogen and oxygen atoms in total. The lowest BCUT2D eigenvalue weighted by atomic mass is 9.92. The van der Waals surface area contributed by atoms with Gasteiger partial charge in [-0.05, 0) is 37.3 Å². The molecule has 2 aromatic rings. The molecule has 0 saturated heterocycles. The number of fused-ring (bicyclic) bond motifs is 1. The van der Waals surface area contributed by atoms with Crippen molar-refractivity contribution >= 4 is 17.4 Å². The maximum absolute atomic E-state index is 12.2. The standard InChI is InChI=1S/C16H22N4O/c1-10-5-8-12-17-15(18-13(21)9-16(2,3)4)14(11-6-7-11)20(12)19-10/h5,8,11H,6-7,9H2,1-4H3,(H,18,21). The third-order valence-corrected chi connectivity index (χ3v) is 3.56. The summed E-state index contributed by atoms with van der Waals surface area (Å²) in [6.45, 7) is 8.14. The zero-order valence-electron chi connectivity index (χ0n) is 13.1. The predicted molar refractivity (Wildman–Crippen MR) is 82.4 cm³/mol. The Hall–Kier alpha value is -1.91. The molecular weight excluding hydrogens is 264 g/mol. The largest absolute Gasteiger partial charge is 0.309 e. The number of aromatic nitrogens is 3. The number of carbonyl (C=O) groups excluding carboxylic acids is 1. The number of nitrogens with one attached hydrogen (secondary N) is 1. The monoisotopic (exact) mass is 286 g/mol. The van der Waals surface area contributed by atoms with Crippen molar-refractivity contribution in [3.63, 3.8) is 0 Å². The van der Waals surface area contributed by atoms with E-state index in [9.17, 15) is 4.79 Å². The minimum atomic E-state index is -0.0299. The molecule has 1 aliphatic carbocycles. The van der Waals surface area contributed by atoms with Crippen LogP contribution in [-0.4, -0.2) is 20.5 Å². The third kappa shape index (κ3) is 3.06. The van der Waals surface area contributed by atoms with Crippen LogP contribution in [0.2, 0.25) is 0 Å². The zero-order valence-corrected chi connectivity index (χ0v) is 13.1. The Bertz CT molecular complexity index is 692. The van der Waals surface area contributed by atoms with Gasteiger partial charge in [-0.25, -0.2) is 9.50 Å². The average molecular weight is 286 g/mol. The Morgan fingerprint density at radius 2 is 2.10 bits per heavy atom. The third-order valence-electron chi connectivity index (χ3n) is 3.56. The topological polar surface area (TPSA) is 59.3 Å². The van der Waals surface area contributed by atoms with E-state index in [1.165, 1.54) is 0 Å².